The molecule has 8 rings (SSSR count). The maximum atomic E-state index is 13.6. The zero-order valence-corrected chi connectivity index (χ0v) is 32.0. The lowest BCUT2D eigenvalue weighted by Gasteiger charge is -2.49. The Labute approximate surface area is 309 Å². The fraction of sp³-hybridized carbons (Fsp3) is 0.675. The van der Waals surface area contributed by atoms with Crippen LogP contribution in [0.2, 0.25) is 5.02 Å². The molecular formula is C40H56ClN5O4S. The van der Waals surface area contributed by atoms with Crippen LogP contribution in [0.4, 0.5) is 5.69 Å². The number of amides is 1. The van der Waals surface area contributed by atoms with Gasteiger partial charge in [-0.15, -0.1) is 0 Å². The Kier molecular flexibility index (Phi) is 10.1. The Hall–Kier alpha value is -2.37. The first-order valence-corrected chi connectivity index (χ1v) is 21.5. The minimum atomic E-state index is -3.87. The fourth-order valence-corrected chi connectivity index (χ4v) is 11.9. The van der Waals surface area contributed by atoms with Crippen LogP contribution in [-0.4, -0.2) is 101 Å². The van der Waals surface area contributed by atoms with Gasteiger partial charge in [0.15, 0.2) is 0 Å². The average molecular weight is 738 g/mol. The highest BCUT2D eigenvalue weighted by Crippen LogP contribution is 2.48. The van der Waals surface area contributed by atoms with Crippen LogP contribution in [0.5, 0.6) is 5.75 Å². The zero-order valence-electron chi connectivity index (χ0n) is 30.4. The van der Waals surface area contributed by atoms with Gasteiger partial charge in [0.1, 0.15) is 5.75 Å². The topological polar surface area (TPSA) is 94.2 Å². The first-order valence-electron chi connectivity index (χ1n) is 19.6. The molecule has 2 bridgehead atoms. The third kappa shape index (κ3) is 7.17. The fourth-order valence-electron chi connectivity index (χ4n) is 10.4. The van der Waals surface area contributed by atoms with Crippen molar-refractivity contribution in [2.24, 2.45) is 23.7 Å². The van der Waals surface area contributed by atoms with Gasteiger partial charge < -0.3 is 19.9 Å². The lowest BCUT2D eigenvalue weighted by Crippen LogP contribution is -2.61. The molecule has 278 valence electrons. The van der Waals surface area contributed by atoms with Gasteiger partial charge in [-0.1, -0.05) is 31.0 Å². The Morgan fingerprint density at radius 2 is 1.88 bits per heavy atom. The highest BCUT2D eigenvalue weighted by atomic mass is 35.5. The number of nitrogens with one attached hydrogen (secondary N) is 2. The van der Waals surface area contributed by atoms with Crippen molar-refractivity contribution in [3.63, 3.8) is 0 Å². The van der Waals surface area contributed by atoms with Crippen molar-refractivity contribution < 1.29 is 17.9 Å². The van der Waals surface area contributed by atoms with Crippen LogP contribution < -0.4 is 19.7 Å². The largest absolute Gasteiger partial charge is 0.490 e. The van der Waals surface area contributed by atoms with E-state index in [1.165, 1.54) is 24.0 Å². The molecule has 1 amide bonds. The second-order valence-corrected chi connectivity index (χ2v) is 19.3. The summed E-state index contributed by atoms with van der Waals surface area (Å²) in [6.07, 6.45) is 8.49. The number of hydrogen-bond donors (Lipinski definition) is 2. The molecule has 0 aromatic heterocycles. The van der Waals surface area contributed by atoms with Gasteiger partial charge in [-0.05, 0) is 117 Å². The summed E-state index contributed by atoms with van der Waals surface area (Å²) in [5.41, 5.74) is 3.67. The molecule has 4 heterocycles. The van der Waals surface area contributed by atoms with Gasteiger partial charge in [-0.3, -0.25) is 9.69 Å². The van der Waals surface area contributed by atoms with Gasteiger partial charge in [0.2, 0.25) is 10.0 Å². The summed E-state index contributed by atoms with van der Waals surface area (Å²) in [5.74, 6) is 1.87. The van der Waals surface area contributed by atoms with Crippen molar-refractivity contribution in [2.45, 2.75) is 81.9 Å². The lowest BCUT2D eigenvalue weighted by molar-refractivity contribution is 0.0207. The maximum Gasteiger partial charge on any atom is 0.264 e. The predicted octanol–water partition coefficient (Wildman–Crippen LogP) is 5.31. The van der Waals surface area contributed by atoms with Gasteiger partial charge in [0.25, 0.3) is 5.91 Å². The van der Waals surface area contributed by atoms with Crippen LogP contribution >= 0.6 is 11.6 Å². The van der Waals surface area contributed by atoms with Crippen LogP contribution in [0.1, 0.15) is 80.3 Å². The molecule has 2 aromatic carbocycles. The summed E-state index contributed by atoms with van der Waals surface area (Å²) in [6.45, 7) is 13.8. The number of rotatable bonds is 2. The van der Waals surface area contributed by atoms with Crippen LogP contribution in [0.3, 0.4) is 0 Å². The van der Waals surface area contributed by atoms with E-state index < -0.39 is 21.2 Å². The Bertz CT molecular complexity index is 1720. The molecule has 51 heavy (non-hydrogen) atoms. The molecule has 11 heteroatoms. The normalized spacial score (nSPS) is 34.6. The molecule has 9 nitrogen and oxygen atoms in total. The van der Waals surface area contributed by atoms with Crippen molar-refractivity contribution in [3.05, 3.63) is 58.1 Å². The van der Waals surface area contributed by atoms with Crippen molar-refractivity contribution in [1.82, 2.24) is 19.8 Å². The molecule has 6 aliphatic rings. The lowest BCUT2D eigenvalue weighted by atomic mass is 9.65. The van der Waals surface area contributed by atoms with E-state index in [1.54, 1.807) is 13.0 Å². The number of fused-ring (bicyclic) bond motifs is 5. The van der Waals surface area contributed by atoms with E-state index in [0.717, 1.165) is 114 Å². The van der Waals surface area contributed by atoms with Gasteiger partial charge in [0.05, 0.1) is 17.5 Å². The summed E-state index contributed by atoms with van der Waals surface area (Å²) in [4.78, 5) is 21.5. The van der Waals surface area contributed by atoms with Crippen LogP contribution in [0.25, 0.3) is 0 Å². The zero-order chi connectivity index (χ0) is 35.3. The number of benzene rings is 2. The van der Waals surface area contributed by atoms with Gasteiger partial charge in [-0.25, -0.2) is 13.1 Å². The molecule has 2 aromatic rings. The van der Waals surface area contributed by atoms with E-state index >= 15 is 0 Å². The number of piperazine rings is 2. The maximum absolute atomic E-state index is 13.6. The highest BCUT2D eigenvalue weighted by molar-refractivity contribution is 7.90. The molecule has 3 fully saturated rings. The monoisotopic (exact) mass is 737 g/mol. The second-order valence-electron chi connectivity index (χ2n) is 16.8. The standard InChI is InChI=1S/C40H56ClN5O4S/c1-27-5-3-6-31(22-44-17-18-45-16-15-42-21-34(45)24-44)35-11-8-32(35)23-46-25-40(14-4-7-29-19-33(41)10-12-36(29)40)26-50-38-13-9-30(20-37(38)46)39(47)43-51(48,49)28(27)2/h9-10,12-13,19-20,27-28,31-32,34-35,42H,3-8,11,14-18,21-26H2,1-2H3,(H,43,47)/t27-,28?,31-,32-,34+,35-,40-/m0/s1. The van der Waals surface area contributed by atoms with Crippen molar-refractivity contribution in [3.8, 4) is 5.75 Å². The number of hydrogen-bond acceptors (Lipinski definition) is 8. The molecule has 1 spiro atoms. The molecule has 1 saturated carbocycles. The number of halogens is 1. The van der Waals surface area contributed by atoms with E-state index in [0.29, 0.717) is 36.0 Å². The SMILES string of the molecule is CC1[C@@H](C)CCC[C@@H](CN2CCN3CCNC[C@@H]3C2)[C@@H]2CC[C@H]2CN2C[C@@]3(CCCc4cc(Cl)ccc43)COc3ccc(cc32)C(=O)NS1(=O)=O. The number of carbonyl (C=O) groups is 1. The Morgan fingerprint density at radius 3 is 2.73 bits per heavy atom. The number of aryl methyl sites for hydroxylation is 1. The van der Waals surface area contributed by atoms with E-state index in [4.69, 9.17) is 16.3 Å². The van der Waals surface area contributed by atoms with E-state index in [-0.39, 0.29) is 11.3 Å². The summed E-state index contributed by atoms with van der Waals surface area (Å²) in [7, 11) is -3.87. The third-order valence-corrected chi connectivity index (χ3v) is 15.9. The Morgan fingerprint density at radius 1 is 1.00 bits per heavy atom. The smallest absolute Gasteiger partial charge is 0.264 e. The number of anilines is 1. The summed E-state index contributed by atoms with van der Waals surface area (Å²) >= 11 is 6.50. The molecular weight excluding hydrogens is 682 g/mol. The average Bonchev–Trinajstić information content (AvgIpc) is 3.25. The molecule has 2 N–H and O–H groups in total. The molecule has 0 radical (unpaired) electrons. The van der Waals surface area contributed by atoms with Crippen LogP contribution in [-0.2, 0) is 21.9 Å². The third-order valence-electron chi connectivity index (χ3n) is 13.7. The van der Waals surface area contributed by atoms with Crippen molar-refractivity contribution >= 4 is 33.2 Å². The first kappa shape index (κ1) is 35.6. The van der Waals surface area contributed by atoms with Crippen molar-refractivity contribution in [1.29, 1.82) is 0 Å². The number of carbonyl (C=O) groups excluding carboxylic acids is 1. The summed E-state index contributed by atoms with van der Waals surface area (Å²) < 4.78 is 36.3. The predicted molar refractivity (Wildman–Crippen MR) is 203 cm³/mol. The first-order chi connectivity index (χ1) is 24.6. The summed E-state index contributed by atoms with van der Waals surface area (Å²) in [6, 6.07) is 12.4. The highest BCUT2D eigenvalue weighted by Gasteiger charge is 2.45. The van der Waals surface area contributed by atoms with Gasteiger partial charge >= 0.3 is 0 Å². The van der Waals surface area contributed by atoms with Crippen LogP contribution in [0, 0.1) is 23.7 Å². The number of ether oxygens (including phenoxy) is 1. The molecule has 7 atom stereocenters. The second kappa shape index (κ2) is 14.5. The minimum Gasteiger partial charge on any atom is -0.490 e. The molecule has 4 aliphatic heterocycles. The quantitative estimate of drug-likeness (QED) is 0.429. The number of sulfonamides is 1. The summed E-state index contributed by atoms with van der Waals surface area (Å²) in [5, 5.41) is 3.72. The van der Waals surface area contributed by atoms with E-state index in [2.05, 4.69) is 36.9 Å². The van der Waals surface area contributed by atoms with Crippen molar-refractivity contribution in [2.75, 3.05) is 70.4 Å². The Balaban J connectivity index is 1.14. The molecule has 2 aliphatic carbocycles. The number of nitrogens with zero attached hydrogens (tertiary/aromatic N) is 3. The van der Waals surface area contributed by atoms with E-state index in [9.17, 15) is 13.2 Å². The van der Waals surface area contributed by atoms with Gasteiger partial charge in [0, 0.05) is 80.9 Å². The van der Waals surface area contributed by atoms with E-state index in [1.807, 2.05) is 25.1 Å². The minimum absolute atomic E-state index is 0.0571. The van der Waals surface area contributed by atoms with Crippen LogP contribution in [0.15, 0.2) is 36.4 Å². The molecule has 1 unspecified atom stereocenters. The van der Waals surface area contributed by atoms with Gasteiger partial charge in [-0.2, -0.15) is 0 Å². The molecule has 2 saturated heterocycles.